The Kier molecular flexibility index (Phi) is 6.18. The molecule has 0 saturated carbocycles. The summed E-state index contributed by atoms with van der Waals surface area (Å²) in [6, 6.07) is 0. The van der Waals surface area contributed by atoms with Gasteiger partial charge in [0.2, 0.25) is 5.91 Å². The fourth-order valence-electron chi connectivity index (χ4n) is 2.20. The summed E-state index contributed by atoms with van der Waals surface area (Å²) in [6.07, 6.45) is 2.24. The maximum atomic E-state index is 12.0. The molecule has 1 saturated heterocycles. The molecule has 0 radical (unpaired) electrons. The molecule has 1 fully saturated rings. The lowest BCUT2D eigenvalue weighted by Crippen LogP contribution is -2.45. The van der Waals surface area contributed by atoms with Gasteiger partial charge in [0.1, 0.15) is 0 Å². The van der Waals surface area contributed by atoms with Gasteiger partial charge in [-0.1, -0.05) is 6.92 Å². The molecule has 2 unspecified atom stereocenters. The molecule has 0 aromatic rings. The zero-order valence-electron chi connectivity index (χ0n) is 11.3. The van der Waals surface area contributed by atoms with E-state index in [2.05, 4.69) is 4.72 Å². The largest absolute Gasteiger partial charge is 0.342 e. The Morgan fingerprint density at radius 1 is 1.53 bits per heavy atom. The maximum absolute atomic E-state index is 12.0. The molecule has 1 aliphatic rings. The van der Waals surface area contributed by atoms with E-state index in [1.165, 1.54) is 0 Å². The second kappa shape index (κ2) is 7.18. The molecule has 19 heavy (non-hydrogen) atoms. The Bertz CT molecular complexity index is 399. The zero-order chi connectivity index (χ0) is 14.5. The number of carbonyl (C=O) groups excluding carboxylic acids is 1. The van der Waals surface area contributed by atoms with Gasteiger partial charge in [0.15, 0.2) is 0 Å². The van der Waals surface area contributed by atoms with Crippen LogP contribution in [0.5, 0.6) is 0 Å². The van der Waals surface area contributed by atoms with Crippen molar-refractivity contribution in [2.75, 3.05) is 26.2 Å². The lowest BCUT2D eigenvalue weighted by Gasteiger charge is -2.33. The second-order valence-corrected chi connectivity index (χ2v) is 6.67. The molecule has 5 N–H and O–H groups in total. The number of carbonyl (C=O) groups is 1. The molecule has 1 heterocycles. The van der Waals surface area contributed by atoms with Crippen LogP contribution in [0.2, 0.25) is 0 Å². The highest BCUT2D eigenvalue weighted by Crippen LogP contribution is 2.17. The monoisotopic (exact) mass is 292 g/mol. The molecule has 1 amide bonds. The van der Waals surface area contributed by atoms with E-state index in [1.54, 1.807) is 4.90 Å². The number of nitrogens with one attached hydrogen (secondary N) is 1. The number of nitrogens with two attached hydrogens (primary N) is 2. The number of amides is 1. The summed E-state index contributed by atoms with van der Waals surface area (Å²) in [5.74, 6) is 0.401. The van der Waals surface area contributed by atoms with Gasteiger partial charge in [-0.2, -0.15) is 8.42 Å². The summed E-state index contributed by atoms with van der Waals surface area (Å²) < 4.78 is 24.0. The quantitative estimate of drug-likeness (QED) is 0.582. The minimum absolute atomic E-state index is 0.0956. The van der Waals surface area contributed by atoms with Crippen LogP contribution in [0.3, 0.4) is 0 Å². The van der Waals surface area contributed by atoms with Crippen molar-refractivity contribution in [2.45, 2.75) is 26.2 Å². The Morgan fingerprint density at radius 3 is 2.79 bits per heavy atom. The van der Waals surface area contributed by atoms with Crippen molar-refractivity contribution < 1.29 is 13.2 Å². The van der Waals surface area contributed by atoms with E-state index in [0.29, 0.717) is 19.5 Å². The highest BCUT2D eigenvalue weighted by atomic mass is 32.2. The summed E-state index contributed by atoms with van der Waals surface area (Å²) >= 11 is 0. The molecule has 8 heteroatoms. The molecule has 7 nitrogen and oxygen atoms in total. The number of hydrogen-bond acceptors (Lipinski definition) is 4. The van der Waals surface area contributed by atoms with E-state index >= 15 is 0 Å². The average molecular weight is 292 g/mol. The molecule has 2 atom stereocenters. The van der Waals surface area contributed by atoms with Crippen LogP contribution in [0.1, 0.15) is 26.2 Å². The van der Waals surface area contributed by atoms with E-state index in [9.17, 15) is 13.2 Å². The summed E-state index contributed by atoms with van der Waals surface area (Å²) in [5, 5.41) is 4.90. The Morgan fingerprint density at radius 2 is 2.21 bits per heavy atom. The Balaban J connectivity index is 2.43. The molecular formula is C11H24N4O3S. The SMILES string of the molecule is CC(CN)CC(=O)N1CCCC(CNS(N)(=O)=O)C1. The fourth-order valence-corrected chi connectivity index (χ4v) is 2.67. The highest BCUT2D eigenvalue weighted by molar-refractivity contribution is 7.87. The third kappa shape index (κ3) is 6.33. The second-order valence-electron chi connectivity index (χ2n) is 5.29. The van der Waals surface area contributed by atoms with Gasteiger partial charge >= 0.3 is 0 Å². The number of rotatable bonds is 6. The van der Waals surface area contributed by atoms with Gasteiger partial charge < -0.3 is 10.6 Å². The van der Waals surface area contributed by atoms with E-state index in [-0.39, 0.29) is 24.3 Å². The van der Waals surface area contributed by atoms with Crippen molar-refractivity contribution in [2.24, 2.45) is 22.7 Å². The number of piperidine rings is 1. The van der Waals surface area contributed by atoms with Gasteiger partial charge in [-0.3, -0.25) is 4.79 Å². The molecular weight excluding hydrogens is 268 g/mol. The van der Waals surface area contributed by atoms with Gasteiger partial charge in [-0.15, -0.1) is 0 Å². The molecule has 1 rings (SSSR count). The Hall–Kier alpha value is -0.700. The van der Waals surface area contributed by atoms with Crippen LogP contribution in [0.25, 0.3) is 0 Å². The van der Waals surface area contributed by atoms with E-state index in [0.717, 1.165) is 19.4 Å². The number of hydrogen-bond donors (Lipinski definition) is 3. The van der Waals surface area contributed by atoms with E-state index < -0.39 is 10.2 Å². The molecule has 0 aromatic heterocycles. The van der Waals surface area contributed by atoms with Gasteiger partial charge in [-0.05, 0) is 31.2 Å². The van der Waals surface area contributed by atoms with Gasteiger partial charge in [-0.25, -0.2) is 9.86 Å². The predicted molar refractivity (Wildman–Crippen MR) is 73.2 cm³/mol. The lowest BCUT2D eigenvalue weighted by atomic mass is 9.97. The van der Waals surface area contributed by atoms with Crippen LogP contribution in [0.4, 0.5) is 0 Å². The third-order valence-corrected chi connectivity index (χ3v) is 3.94. The minimum atomic E-state index is -3.65. The van der Waals surface area contributed by atoms with Crippen molar-refractivity contribution in [1.82, 2.24) is 9.62 Å². The average Bonchev–Trinajstić information content (AvgIpc) is 2.35. The van der Waals surface area contributed by atoms with Crippen molar-refractivity contribution in [3.05, 3.63) is 0 Å². The number of likely N-dealkylation sites (tertiary alicyclic amines) is 1. The zero-order valence-corrected chi connectivity index (χ0v) is 12.2. The summed E-state index contributed by atoms with van der Waals surface area (Å²) in [6.45, 7) is 4.05. The lowest BCUT2D eigenvalue weighted by molar-refractivity contribution is -0.133. The highest BCUT2D eigenvalue weighted by Gasteiger charge is 2.24. The fraction of sp³-hybridized carbons (Fsp3) is 0.909. The maximum Gasteiger partial charge on any atom is 0.274 e. The first-order chi connectivity index (χ1) is 8.81. The van der Waals surface area contributed by atoms with E-state index in [4.69, 9.17) is 10.9 Å². The van der Waals surface area contributed by atoms with Crippen LogP contribution >= 0.6 is 0 Å². The van der Waals surface area contributed by atoms with E-state index in [1.807, 2.05) is 6.92 Å². The topological polar surface area (TPSA) is 119 Å². The first-order valence-corrected chi connectivity index (χ1v) is 8.11. The molecule has 1 aliphatic heterocycles. The van der Waals surface area contributed by atoms with Crippen LogP contribution in [-0.4, -0.2) is 45.4 Å². The van der Waals surface area contributed by atoms with Crippen LogP contribution in [0.15, 0.2) is 0 Å². The van der Waals surface area contributed by atoms with Gasteiger partial charge in [0.05, 0.1) is 0 Å². The summed E-state index contributed by atoms with van der Waals surface area (Å²) in [5.41, 5.74) is 5.51. The first-order valence-electron chi connectivity index (χ1n) is 6.57. The number of nitrogens with zero attached hydrogens (tertiary/aromatic N) is 1. The van der Waals surface area contributed by atoms with Crippen LogP contribution < -0.4 is 15.6 Å². The molecule has 112 valence electrons. The molecule has 0 bridgehead atoms. The van der Waals surface area contributed by atoms with Crippen molar-refractivity contribution in [1.29, 1.82) is 0 Å². The standard InChI is InChI=1S/C11H24N4O3S/c1-9(6-12)5-11(16)15-4-2-3-10(8-15)7-14-19(13,17)18/h9-10,14H,2-8,12H2,1H3,(H2,13,17,18). The molecule has 0 spiro atoms. The van der Waals surface area contributed by atoms with Crippen molar-refractivity contribution in [3.63, 3.8) is 0 Å². The minimum Gasteiger partial charge on any atom is -0.342 e. The summed E-state index contributed by atoms with van der Waals surface area (Å²) in [7, 11) is -3.65. The van der Waals surface area contributed by atoms with Crippen molar-refractivity contribution >= 4 is 16.1 Å². The van der Waals surface area contributed by atoms with Gasteiger partial charge in [0.25, 0.3) is 10.2 Å². The Labute approximate surface area is 114 Å². The molecule has 0 aromatic carbocycles. The normalized spacial score (nSPS) is 22.3. The first kappa shape index (κ1) is 16.4. The van der Waals surface area contributed by atoms with Crippen LogP contribution in [0, 0.1) is 11.8 Å². The smallest absolute Gasteiger partial charge is 0.274 e. The third-order valence-electron chi connectivity index (χ3n) is 3.37. The van der Waals surface area contributed by atoms with Crippen molar-refractivity contribution in [3.8, 4) is 0 Å². The summed E-state index contributed by atoms with van der Waals surface area (Å²) in [4.78, 5) is 13.8. The predicted octanol–water partition coefficient (Wildman–Crippen LogP) is -0.997. The molecule has 0 aliphatic carbocycles. The van der Waals surface area contributed by atoms with Gasteiger partial charge in [0, 0.05) is 26.1 Å². The van der Waals surface area contributed by atoms with Crippen LogP contribution in [-0.2, 0) is 15.0 Å².